The van der Waals surface area contributed by atoms with E-state index in [9.17, 15) is 19.7 Å². The van der Waals surface area contributed by atoms with Gasteiger partial charge in [-0.15, -0.1) is 0 Å². The molecule has 0 unspecified atom stereocenters. The third kappa shape index (κ3) is 10.2. The minimum atomic E-state index is -0.572. The summed E-state index contributed by atoms with van der Waals surface area (Å²) < 4.78 is 12.1. The number of carbonyl (C=O) groups excluding carboxylic acids is 2. The maximum atomic E-state index is 12.4. The van der Waals surface area contributed by atoms with Gasteiger partial charge in [0.2, 0.25) is 0 Å². The molecule has 0 aliphatic heterocycles. The van der Waals surface area contributed by atoms with E-state index in [-0.39, 0.29) is 43.6 Å². The average Bonchev–Trinajstić information content (AvgIpc) is 3.04. The molecule has 0 atom stereocenters. The number of nitro groups is 1. The lowest BCUT2D eigenvalue weighted by Crippen LogP contribution is -2.34. The molecule has 30 heavy (non-hydrogen) atoms. The van der Waals surface area contributed by atoms with Gasteiger partial charge in [-0.3, -0.25) is 14.9 Å². The maximum absolute atomic E-state index is 12.4. The molecule has 11 heteroatoms. The van der Waals surface area contributed by atoms with Crippen molar-refractivity contribution in [2.24, 2.45) is 0 Å². The van der Waals surface area contributed by atoms with Crippen LogP contribution in [0.4, 0.5) is 10.5 Å². The summed E-state index contributed by atoms with van der Waals surface area (Å²) in [5.41, 5.74) is -0.514. The lowest BCUT2D eigenvalue weighted by Gasteiger charge is -2.19. The zero-order valence-corrected chi connectivity index (χ0v) is 18.4. The number of aromatic nitrogens is 1. The van der Waals surface area contributed by atoms with Crippen LogP contribution < -0.4 is 10.6 Å². The molecule has 11 nitrogen and oxygen atoms in total. The molecule has 0 saturated carbocycles. The van der Waals surface area contributed by atoms with Gasteiger partial charge in [0.15, 0.2) is 0 Å². The van der Waals surface area contributed by atoms with Gasteiger partial charge in [-0.05, 0) is 47.8 Å². The van der Waals surface area contributed by atoms with E-state index >= 15 is 0 Å². The Labute approximate surface area is 176 Å². The number of ether oxygens (including phenoxy) is 2. The first-order chi connectivity index (χ1) is 14.0. The molecule has 170 valence electrons. The lowest BCUT2D eigenvalue weighted by molar-refractivity contribution is -0.384. The first-order valence-electron chi connectivity index (χ1n) is 9.81. The summed E-state index contributed by atoms with van der Waals surface area (Å²) in [6.45, 7) is 7.62. The Morgan fingerprint density at radius 3 is 2.50 bits per heavy atom. The van der Waals surface area contributed by atoms with E-state index in [1.54, 1.807) is 20.8 Å². The number of alkyl carbamates (subject to hydrolysis) is 1. The number of carbonyl (C=O) groups is 2. The second-order valence-corrected chi connectivity index (χ2v) is 7.99. The van der Waals surface area contributed by atoms with Crippen molar-refractivity contribution in [1.29, 1.82) is 0 Å². The Balaban J connectivity index is 2.47. The van der Waals surface area contributed by atoms with E-state index in [4.69, 9.17) is 9.47 Å². The Morgan fingerprint density at radius 2 is 1.90 bits per heavy atom. The van der Waals surface area contributed by atoms with Gasteiger partial charge in [0.05, 0.1) is 24.3 Å². The van der Waals surface area contributed by atoms with Crippen molar-refractivity contribution in [2.45, 2.75) is 39.3 Å². The van der Waals surface area contributed by atoms with Crippen molar-refractivity contribution < 1.29 is 24.0 Å². The molecule has 0 radical (unpaired) electrons. The Kier molecular flexibility index (Phi) is 10.3. The van der Waals surface area contributed by atoms with Gasteiger partial charge in [-0.1, -0.05) is 0 Å². The maximum Gasteiger partial charge on any atom is 0.407 e. The highest BCUT2D eigenvalue weighted by atomic mass is 16.6. The molecule has 0 saturated heterocycles. The molecule has 1 heterocycles. The number of hydrogen-bond acceptors (Lipinski definition) is 7. The highest BCUT2D eigenvalue weighted by Gasteiger charge is 2.19. The van der Waals surface area contributed by atoms with Crippen molar-refractivity contribution in [3.63, 3.8) is 0 Å². The molecule has 1 aromatic rings. The van der Waals surface area contributed by atoms with Crippen LogP contribution in [-0.2, 0) is 16.0 Å². The lowest BCUT2D eigenvalue weighted by atomic mass is 10.2. The summed E-state index contributed by atoms with van der Waals surface area (Å²) in [7, 11) is 3.89. The minimum Gasteiger partial charge on any atom is -0.444 e. The van der Waals surface area contributed by atoms with Crippen molar-refractivity contribution in [3.05, 3.63) is 28.1 Å². The van der Waals surface area contributed by atoms with Crippen molar-refractivity contribution in [1.82, 2.24) is 20.1 Å². The number of rotatable bonds is 12. The second kappa shape index (κ2) is 12.1. The molecule has 0 bridgehead atoms. The number of amides is 2. The van der Waals surface area contributed by atoms with Crippen LogP contribution in [0.3, 0.4) is 0 Å². The number of nitrogens with one attached hydrogen (secondary N) is 2. The Hall–Kier alpha value is -2.66. The largest absolute Gasteiger partial charge is 0.444 e. The van der Waals surface area contributed by atoms with Crippen LogP contribution in [0.2, 0.25) is 0 Å². The summed E-state index contributed by atoms with van der Waals surface area (Å²) in [6, 6.07) is 1.26. The molecule has 0 fully saturated rings. The first-order valence-corrected chi connectivity index (χ1v) is 9.81. The van der Waals surface area contributed by atoms with Crippen molar-refractivity contribution in [2.75, 3.05) is 46.9 Å². The van der Waals surface area contributed by atoms with Crippen LogP contribution in [0.1, 0.15) is 37.7 Å². The number of nitrogens with zero attached hydrogens (tertiary/aromatic N) is 3. The van der Waals surface area contributed by atoms with Crippen LogP contribution in [0.15, 0.2) is 12.3 Å². The van der Waals surface area contributed by atoms with E-state index in [1.165, 1.54) is 16.8 Å². The molecule has 1 rings (SSSR count). The molecular formula is C19H33N5O6. The highest BCUT2D eigenvalue weighted by Crippen LogP contribution is 2.16. The normalized spacial score (nSPS) is 11.4. The summed E-state index contributed by atoms with van der Waals surface area (Å²) in [4.78, 5) is 36.5. The van der Waals surface area contributed by atoms with Crippen LogP contribution in [-0.4, -0.2) is 78.9 Å². The van der Waals surface area contributed by atoms with Gasteiger partial charge in [-0.25, -0.2) is 4.79 Å². The van der Waals surface area contributed by atoms with E-state index in [0.29, 0.717) is 6.54 Å². The summed E-state index contributed by atoms with van der Waals surface area (Å²) in [6.07, 6.45) is 1.56. The van der Waals surface area contributed by atoms with Gasteiger partial charge in [0, 0.05) is 25.7 Å². The molecule has 2 amide bonds. The van der Waals surface area contributed by atoms with Crippen molar-refractivity contribution >= 4 is 17.7 Å². The number of hydrogen-bond donors (Lipinski definition) is 2. The molecular weight excluding hydrogens is 394 g/mol. The smallest absolute Gasteiger partial charge is 0.407 e. The van der Waals surface area contributed by atoms with E-state index in [2.05, 4.69) is 10.6 Å². The minimum absolute atomic E-state index is 0.153. The predicted octanol–water partition coefficient (Wildman–Crippen LogP) is 1.62. The summed E-state index contributed by atoms with van der Waals surface area (Å²) in [5, 5.41) is 16.4. The van der Waals surface area contributed by atoms with Crippen LogP contribution in [0.25, 0.3) is 0 Å². The standard InChI is InChI=1S/C19H33N5O6/c1-19(2,3)30-18(26)21-8-11-29-12-10-23-14-15(24(27)28)13-16(23)17(25)20-7-6-9-22(4)5/h13-14H,6-12H2,1-5H3,(H,20,25)(H,21,26). The fourth-order valence-corrected chi connectivity index (χ4v) is 2.46. The van der Waals surface area contributed by atoms with E-state index < -0.39 is 16.6 Å². The fourth-order valence-electron chi connectivity index (χ4n) is 2.46. The molecule has 0 spiro atoms. The second-order valence-electron chi connectivity index (χ2n) is 7.99. The predicted molar refractivity (Wildman–Crippen MR) is 112 cm³/mol. The molecule has 2 N–H and O–H groups in total. The molecule has 0 aliphatic rings. The third-order valence-corrected chi connectivity index (χ3v) is 3.78. The zero-order valence-electron chi connectivity index (χ0n) is 18.4. The quantitative estimate of drug-likeness (QED) is 0.295. The van der Waals surface area contributed by atoms with Crippen LogP contribution in [0.5, 0.6) is 0 Å². The SMILES string of the molecule is CN(C)CCCNC(=O)c1cc([N+](=O)[O-])cn1CCOCCNC(=O)OC(C)(C)C. The van der Waals surface area contributed by atoms with E-state index in [1.807, 2.05) is 19.0 Å². The summed E-state index contributed by atoms with van der Waals surface area (Å²) in [5.74, 6) is -0.367. The van der Waals surface area contributed by atoms with Gasteiger partial charge in [-0.2, -0.15) is 0 Å². The zero-order chi connectivity index (χ0) is 22.7. The van der Waals surface area contributed by atoms with Gasteiger partial charge in [0.25, 0.3) is 11.6 Å². The van der Waals surface area contributed by atoms with Crippen molar-refractivity contribution in [3.8, 4) is 0 Å². The molecule has 1 aromatic heterocycles. The topological polar surface area (TPSA) is 128 Å². The average molecular weight is 428 g/mol. The molecule has 0 aromatic carbocycles. The first kappa shape index (κ1) is 25.4. The third-order valence-electron chi connectivity index (χ3n) is 3.78. The monoisotopic (exact) mass is 427 g/mol. The molecule has 0 aliphatic carbocycles. The van der Waals surface area contributed by atoms with Gasteiger partial charge >= 0.3 is 6.09 Å². The van der Waals surface area contributed by atoms with Gasteiger partial charge < -0.3 is 29.6 Å². The highest BCUT2D eigenvalue weighted by molar-refractivity contribution is 5.93. The van der Waals surface area contributed by atoms with Crippen LogP contribution >= 0.6 is 0 Å². The Bertz CT molecular complexity index is 711. The summed E-state index contributed by atoms with van der Waals surface area (Å²) >= 11 is 0. The van der Waals surface area contributed by atoms with Gasteiger partial charge in [0.1, 0.15) is 11.3 Å². The van der Waals surface area contributed by atoms with Crippen LogP contribution in [0, 0.1) is 10.1 Å². The van der Waals surface area contributed by atoms with E-state index in [0.717, 1.165) is 13.0 Å². The Morgan fingerprint density at radius 1 is 1.20 bits per heavy atom. The fraction of sp³-hybridized carbons (Fsp3) is 0.684.